The minimum Gasteiger partial charge on any atom is -0.871 e. The summed E-state index contributed by atoms with van der Waals surface area (Å²) in [5.74, 6) is -0.364. The Morgan fingerprint density at radius 3 is 1.57 bits per heavy atom. The molecule has 0 bridgehead atoms. The van der Waals surface area contributed by atoms with Gasteiger partial charge in [0.2, 0.25) is 5.71 Å². The quantitative estimate of drug-likeness (QED) is 0.114. The monoisotopic (exact) mass is 648 g/mol. The molecule has 7 rings (SSSR count). The average Bonchev–Trinajstić information content (AvgIpc) is 3.88. The van der Waals surface area contributed by atoms with Crippen LogP contribution in [0.25, 0.3) is 5.57 Å². The number of ketones is 1. The maximum Gasteiger partial charge on any atom is 0.200 e. The van der Waals surface area contributed by atoms with Gasteiger partial charge < -0.3 is 10.0 Å². The van der Waals surface area contributed by atoms with Crippen LogP contribution < -0.4 is 10.0 Å². The van der Waals surface area contributed by atoms with E-state index < -0.39 is 0 Å². The average molecular weight is 649 g/mol. The van der Waals surface area contributed by atoms with Crippen molar-refractivity contribution in [3.8, 4) is 0 Å². The van der Waals surface area contributed by atoms with Crippen LogP contribution in [0.1, 0.15) is 25.1 Å². The Bertz CT molecular complexity index is 1810. The summed E-state index contributed by atoms with van der Waals surface area (Å²) < 4.78 is 2.33. The first kappa shape index (κ1) is 28.7. The molecule has 0 saturated heterocycles. The van der Waals surface area contributed by atoms with Gasteiger partial charge >= 0.3 is 0 Å². The molecule has 1 aromatic carbocycles. The molecule has 0 unspecified atom stereocenters. The van der Waals surface area contributed by atoms with E-state index in [1.54, 1.807) is 45.3 Å². The molecule has 4 heterocycles. The molecule has 5 aromatic rings. The van der Waals surface area contributed by atoms with Crippen molar-refractivity contribution in [2.45, 2.75) is 26.2 Å². The van der Waals surface area contributed by atoms with Crippen LogP contribution in [0.3, 0.4) is 0 Å². The topological polar surface area (TPSA) is 46.4 Å². The molecular weight excluding hydrogens is 621 g/mol. The van der Waals surface area contributed by atoms with Gasteiger partial charge in [-0.3, -0.25) is 4.79 Å². The minimum absolute atomic E-state index is 0.182. The van der Waals surface area contributed by atoms with Crippen molar-refractivity contribution in [3.05, 3.63) is 161 Å². The van der Waals surface area contributed by atoms with Crippen molar-refractivity contribution in [2.24, 2.45) is 0 Å². The van der Waals surface area contributed by atoms with Crippen molar-refractivity contribution in [3.63, 3.8) is 0 Å². The Labute approximate surface area is 272 Å². The van der Waals surface area contributed by atoms with Gasteiger partial charge in [0.25, 0.3) is 0 Å². The first-order valence-electron chi connectivity index (χ1n) is 14.3. The highest BCUT2D eigenvalue weighted by Gasteiger charge is 2.31. The zero-order valence-electron chi connectivity index (χ0n) is 23.7. The van der Waals surface area contributed by atoms with E-state index >= 15 is 0 Å². The van der Waals surface area contributed by atoms with Gasteiger partial charge in [-0.25, -0.2) is 4.58 Å². The van der Waals surface area contributed by atoms with Gasteiger partial charge in [0, 0.05) is 38.7 Å². The van der Waals surface area contributed by atoms with E-state index in [9.17, 15) is 9.90 Å². The number of Topliss-reactive ketones (excluding diaryl/α,β-unsaturated/α-hetero) is 1. The number of nitrogens with zero attached hydrogens (tertiary/aromatic N) is 2. The van der Waals surface area contributed by atoms with Gasteiger partial charge in [0.15, 0.2) is 18.9 Å². The number of carbonyl (C=O) groups excluding carboxylic acids is 1. The van der Waals surface area contributed by atoms with E-state index in [1.807, 2.05) is 48.6 Å². The first-order chi connectivity index (χ1) is 21.6. The maximum atomic E-state index is 13.3. The minimum atomic E-state index is -0.182. The summed E-state index contributed by atoms with van der Waals surface area (Å²) in [5, 5.41) is 21.7. The number of carbonyl (C=O) groups is 1. The second kappa shape index (κ2) is 12.9. The van der Waals surface area contributed by atoms with Crippen LogP contribution >= 0.6 is 45.3 Å². The molecule has 2 aliphatic rings. The molecule has 0 aliphatic heterocycles. The Kier molecular flexibility index (Phi) is 8.39. The molecule has 2 aliphatic carbocycles. The molecule has 4 nitrogen and oxygen atoms in total. The number of anilines is 1. The number of allylic oxidation sites excluding steroid dienone is 7. The predicted molar refractivity (Wildman–Crippen MR) is 184 cm³/mol. The molecule has 218 valence electrons. The molecule has 0 N–H and O–H groups in total. The molecule has 4 aromatic heterocycles. The highest BCUT2D eigenvalue weighted by atomic mass is 32.1. The van der Waals surface area contributed by atoms with Crippen molar-refractivity contribution in [1.29, 1.82) is 0 Å². The van der Waals surface area contributed by atoms with Crippen molar-refractivity contribution < 1.29 is 14.5 Å². The van der Waals surface area contributed by atoms with Gasteiger partial charge in [-0.1, -0.05) is 42.2 Å². The van der Waals surface area contributed by atoms with Crippen LogP contribution in [0.2, 0.25) is 0 Å². The summed E-state index contributed by atoms with van der Waals surface area (Å²) in [5.41, 5.74) is 4.02. The maximum absolute atomic E-state index is 13.3. The lowest BCUT2D eigenvalue weighted by molar-refractivity contribution is -0.557. The van der Waals surface area contributed by atoms with Crippen LogP contribution in [0.15, 0.2) is 136 Å². The molecule has 0 spiro atoms. The fourth-order valence-corrected chi connectivity index (χ4v) is 8.31. The molecular formula is C36H28N2O2S4. The number of thiophene rings is 4. The molecule has 0 atom stereocenters. The lowest BCUT2D eigenvalue weighted by atomic mass is 9.80. The highest BCUT2D eigenvalue weighted by Crippen LogP contribution is 2.38. The van der Waals surface area contributed by atoms with Gasteiger partial charge in [0.1, 0.15) is 0 Å². The summed E-state index contributed by atoms with van der Waals surface area (Å²) >= 11 is 6.98. The number of hydrogen-bond acceptors (Lipinski definition) is 7. The third-order valence-corrected chi connectivity index (χ3v) is 11.1. The van der Waals surface area contributed by atoms with E-state index in [1.165, 1.54) is 19.5 Å². The Morgan fingerprint density at radius 1 is 0.614 bits per heavy atom. The SMILES string of the molecule is O=C1C(=C2C=CC(=[N+](Cc3cccs3)Cc3cccs3)C=C2)C([O-])=C1c1ccc(N(Cc2cccs2)Cc2cccs2)cc1. The first-order valence-corrected chi connectivity index (χ1v) is 17.8. The summed E-state index contributed by atoms with van der Waals surface area (Å²) in [6.07, 6.45) is 7.85. The fourth-order valence-electron chi connectivity index (χ4n) is 5.44. The van der Waals surface area contributed by atoms with Gasteiger partial charge in [-0.05, 0) is 81.2 Å². The van der Waals surface area contributed by atoms with Crippen molar-refractivity contribution in [1.82, 2.24) is 0 Å². The zero-order chi connectivity index (χ0) is 29.9. The van der Waals surface area contributed by atoms with E-state index in [4.69, 9.17) is 0 Å². The molecule has 8 heteroatoms. The smallest absolute Gasteiger partial charge is 0.200 e. The third kappa shape index (κ3) is 6.12. The summed E-state index contributed by atoms with van der Waals surface area (Å²) in [6.45, 7) is 3.20. The Balaban J connectivity index is 1.12. The van der Waals surface area contributed by atoms with Gasteiger partial charge in [0.05, 0.1) is 22.8 Å². The number of hydrogen-bond donors (Lipinski definition) is 0. The summed E-state index contributed by atoms with van der Waals surface area (Å²) in [4.78, 5) is 20.8. The van der Waals surface area contributed by atoms with E-state index in [0.717, 1.165) is 37.6 Å². The third-order valence-electron chi connectivity index (χ3n) is 7.66. The van der Waals surface area contributed by atoms with Crippen LogP contribution in [0.4, 0.5) is 5.69 Å². The predicted octanol–water partition coefficient (Wildman–Crippen LogP) is 8.07. The van der Waals surface area contributed by atoms with Crippen LogP contribution in [0.5, 0.6) is 0 Å². The van der Waals surface area contributed by atoms with Crippen LogP contribution in [-0.2, 0) is 31.0 Å². The van der Waals surface area contributed by atoms with Crippen molar-refractivity contribution >= 4 is 68.1 Å². The van der Waals surface area contributed by atoms with Crippen LogP contribution in [0, 0.1) is 0 Å². The normalized spacial score (nSPS) is 14.5. The zero-order valence-corrected chi connectivity index (χ0v) is 27.0. The lowest BCUT2D eigenvalue weighted by Gasteiger charge is -2.32. The van der Waals surface area contributed by atoms with Crippen LogP contribution in [-0.4, -0.2) is 16.1 Å². The summed E-state index contributed by atoms with van der Waals surface area (Å²) in [6, 6.07) is 24.7. The Hall–Kier alpha value is -4.08. The molecule has 0 fully saturated rings. The molecule has 0 amide bonds. The molecule has 0 saturated carbocycles. The highest BCUT2D eigenvalue weighted by molar-refractivity contribution is 7.10. The largest absolute Gasteiger partial charge is 0.871 e. The van der Waals surface area contributed by atoms with Gasteiger partial charge in [-0.2, -0.15) is 0 Å². The van der Waals surface area contributed by atoms with E-state index in [2.05, 4.69) is 79.5 Å². The van der Waals surface area contributed by atoms with E-state index in [-0.39, 0.29) is 22.7 Å². The molecule has 44 heavy (non-hydrogen) atoms. The van der Waals surface area contributed by atoms with Crippen molar-refractivity contribution in [2.75, 3.05) is 4.90 Å². The van der Waals surface area contributed by atoms with Gasteiger partial charge in [-0.15, -0.1) is 45.3 Å². The molecule has 0 radical (unpaired) electrons. The lowest BCUT2D eigenvalue weighted by Crippen LogP contribution is -2.30. The number of benzene rings is 1. The number of rotatable bonds is 10. The standard InChI is InChI=1S/C36H28N2O2S4/c39-35-33(25-9-13-27(14-10-25)37(21-29-5-1-17-41-29)22-30-6-2-18-42-30)36(40)34(35)26-11-15-28(16-12-26)38(23-31-7-3-19-43-31)24-32-8-4-20-44-32/h1-20H,21-24H2. The fraction of sp³-hybridized carbons (Fsp3) is 0.111. The second-order valence-electron chi connectivity index (χ2n) is 10.5. The van der Waals surface area contributed by atoms with E-state index in [0.29, 0.717) is 11.1 Å². The second-order valence-corrected chi connectivity index (χ2v) is 14.7. The Morgan fingerprint density at radius 2 is 1.11 bits per heavy atom. The summed E-state index contributed by atoms with van der Waals surface area (Å²) in [7, 11) is 0.